The highest BCUT2D eigenvalue weighted by molar-refractivity contribution is 7.10. The molecule has 0 bridgehead atoms. The number of esters is 1. The van der Waals surface area contributed by atoms with Crippen LogP contribution in [0, 0.1) is 0 Å². The number of fused-ring (bicyclic) bond motifs is 2. The molecule has 9 heteroatoms. The number of carbonyl (C=O) groups is 1. The maximum atomic E-state index is 13.9. The number of thiophene rings is 1. The molecule has 0 radical (unpaired) electrons. The maximum absolute atomic E-state index is 13.9. The average molecular weight is 574 g/mol. The SMILES string of the molecule is CCOC(=O)C1=C(C)N=c2s/c(=C\c3cn(Cc4ccc(Cl)cc4)c4ccccc34)c(=O)n2[C@@H]1c1cccs1. The van der Waals surface area contributed by atoms with Crippen LogP contribution in [0.4, 0.5) is 0 Å². The van der Waals surface area contributed by atoms with Crippen LogP contribution in [-0.4, -0.2) is 21.7 Å². The standard InChI is InChI=1S/C30H24ClN3O3S2/c1-3-37-29(36)26-18(2)32-30-34(27(26)24-9-6-14-38-24)28(35)25(39-30)15-20-17-33(23-8-5-4-7-22(20)23)16-19-10-12-21(31)13-11-19/h4-15,17,27H,3,16H2,1-2H3/b25-15-/t27-/m1/s1. The van der Waals surface area contributed by atoms with Gasteiger partial charge in [0, 0.05) is 39.1 Å². The van der Waals surface area contributed by atoms with Gasteiger partial charge in [-0.25, -0.2) is 9.79 Å². The molecule has 5 aromatic rings. The highest BCUT2D eigenvalue weighted by atomic mass is 35.5. The number of thiazole rings is 1. The van der Waals surface area contributed by atoms with E-state index < -0.39 is 12.0 Å². The minimum Gasteiger partial charge on any atom is -0.463 e. The number of hydrogen-bond donors (Lipinski definition) is 0. The summed E-state index contributed by atoms with van der Waals surface area (Å²) < 4.78 is 9.73. The van der Waals surface area contributed by atoms with E-state index in [0.29, 0.717) is 32.2 Å². The summed E-state index contributed by atoms with van der Waals surface area (Å²) >= 11 is 8.92. The lowest BCUT2D eigenvalue weighted by Gasteiger charge is -2.23. The van der Waals surface area contributed by atoms with E-state index >= 15 is 0 Å². The predicted molar refractivity (Wildman–Crippen MR) is 157 cm³/mol. The summed E-state index contributed by atoms with van der Waals surface area (Å²) in [4.78, 5) is 33.0. The van der Waals surface area contributed by atoms with Gasteiger partial charge in [-0.05, 0) is 55.1 Å². The van der Waals surface area contributed by atoms with Crippen LogP contribution in [0.5, 0.6) is 0 Å². The van der Waals surface area contributed by atoms with Gasteiger partial charge >= 0.3 is 5.97 Å². The molecule has 1 aliphatic rings. The monoisotopic (exact) mass is 573 g/mol. The van der Waals surface area contributed by atoms with Gasteiger partial charge < -0.3 is 9.30 Å². The normalized spacial score (nSPS) is 15.5. The number of para-hydroxylation sites is 1. The van der Waals surface area contributed by atoms with Gasteiger partial charge in [0.05, 0.1) is 22.4 Å². The van der Waals surface area contributed by atoms with Crippen LogP contribution in [0.1, 0.15) is 35.9 Å². The predicted octanol–water partition coefficient (Wildman–Crippen LogP) is 5.52. The van der Waals surface area contributed by atoms with Crippen molar-refractivity contribution in [1.82, 2.24) is 9.13 Å². The van der Waals surface area contributed by atoms with Crippen LogP contribution in [0.15, 0.2) is 93.3 Å². The molecule has 1 atom stereocenters. The Labute approximate surface area is 237 Å². The highest BCUT2D eigenvalue weighted by Crippen LogP contribution is 2.33. The van der Waals surface area contributed by atoms with E-state index in [0.717, 1.165) is 26.9 Å². The van der Waals surface area contributed by atoms with E-state index in [1.807, 2.05) is 60.0 Å². The van der Waals surface area contributed by atoms with Gasteiger partial charge in [-0.3, -0.25) is 9.36 Å². The summed E-state index contributed by atoms with van der Waals surface area (Å²) in [6.07, 6.45) is 4.00. The molecule has 39 heavy (non-hydrogen) atoms. The number of halogens is 1. The number of carbonyl (C=O) groups excluding carboxylic acids is 1. The van der Waals surface area contributed by atoms with Crippen LogP contribution < -0.4 is 14.9 Å². The lowest BCUT2D eigenvalue weighted by Crippen LogP contribution is -2.39. The molecule has 0 spiro atoms. The summed E-state index contributed by atoms with van der Waals surface area (Å²) in [7, 11) is 0. The van der Waals surface area contributed by atoms with Gasteiger partial charge in [-0.1, -0.05) is 59.3 Å². The number of rotatable bonds is 6. The third-order valence-electron chi connectivity index (χ3n) is 6.70. The molecule has 0 saturated heterocycles. The summed E-state index contributed by atoms with van der Waals surface area (Å²) in [5.41, 5.74) is 3.93. The van der Waals surface area contributed by atoms with Gasteiger partial charge in [0.15, 0.2) is 4.80 Å². The first-order chi connectivity index (χ1) is 18.9. The van der Waals surface area contributed by atoms with Gasteiger partial charge in [0.25, 0.3) is 5.56 Å². The molecular weight excluding hydrogens is 550 g/mol. The summed E-state index contributed by atoms with van der Waals surface area (Å²) in [5, 5.41) is 3.70. The van der Waals surface area contributed by atoms with E-state index in [1.54, 1.807) is 18.4 Å². The van der Waals surface area contributed by atoms with Crippen LogP contribution in [0.25, 0.3) is 17.0 Å². The van der Waals surface area contributed by atoms with Crippen molar-refractivity contribution in [3.8, 4) is 0 Å². The fourth-order valence-corrected chi connectivity index (χ4v) is 6.94. The summed E-state index contributed by atoms with van der Waals surface area (Å²) in [6.45, 7) is 4.49. The second-order valence-electron chi connectivity index (χ2n) is 9.17. The molecule has 6 rings (SSSR count). The molecule has 3 aromatic heterocycles. The lowest BCUT2D eigenvalue weighted by molar-refractivity contribution is -0.139. The van der Waals surface area contributed by atoms with E-state index in [9.17, 15) is 9.59 Å². The summed E-state index contributed by atoms with van der Waals surface area (Å²) in [5.74, 6) is -0.448. The second-order valence-corrected chi connectivity index (χ2v) is 11.6. The smallest absolute Gasteiger partial charge is 0.338 e. The van der Waals surface area contributed by atoms with E-state index in [2.05, 4.69) is 27.9 Å². The van der Waals surface area contributed by atoms with Crippen molar-refractivity contribution in [2.24, 2.45) is 4.99 Å². The first-order valence-electron chi connectivity index (χ1n) is 12.5. The average Bonchev–Trinajstić information content (AvgIpc) is 3.65. The number of hydrogen-bond acceptors (Lipinski definition) is 6. The molecule has 0 saturated carbocycles. The Bertz CT molecular complexity index is 1910. The van der Waals surface area contributed by atoms with E-state index in [4.69, 9.17) is 16.3 Å². The Morgan fingerprint density at radius 2 is 1.92 bits per heavy atom. The van der Waals surface area contributed by atoms with Crippen molar-refractivity contribution < 1.29 is 9.53 Å². The fraction of sp³-hybridized carbons (Fsp3) is 0.167. The maximum Gasteiger partial charge on any atom is 0.338 e. The first-order valence-corrected chi connectivity index (χ1v) is 14.6. The third-order valence-corrected chi connectivity index (χ3v) is 8.86. The quantitative estimate of drug-likeness (QED) is 0.251. The zero-order valence-corrected chi connectivity index (χ0v) is 23.6. The Hall–Kier alpha value is -3.72. The minimum absolute atomic E-state index is 0.180. The zero-order valence-electron chi connectivity index (χ0n) is 21.3. The van der Waals surface area contributed by atoms with Gasteiger partial charge in [-0.2, -0.15) is 0 Å². The molecule has 2 aromatic carbocycles. The van der Waals surface area contributed by atoms with Crippen LogP contribution in [0.3, 0.4) is 0 Å². The summed E-state index contributed by atoms with van der Waals surface area (Å²) in [6, 6.07) is 19.3. The van der Waals surface area contributed by atoms with Crippen molar-refractivity contribution in [3.63, 3.8) is 0 Å². The van der Waals surface area contributed by atoms with Crippen molar-refractivity contribution in [1.29, 1.82) is 0 Å². The Balaban J connectivity index is 1.50. The molecule has 0 aliphatic carbocycles. The van der Waals surface area contributed by atoms with E-state index in [-0.39, 0.29) is 12.2 Å². The Morgan fingerprint density at radius 1 is 1.13 bits per heavy atom. The van der Waals surface area contributed by atoms with Crippen molar-refractivity contribution in [2.45, 2.75) is 26.4 Å². The van der Waals surface area contributed by atoms with Crippen molar-refractivity contribution in [3.05, 3.63) is 124 Å². The molecule has 196 valence electrons. The van der Waals surface area contributed by atoms with Gasteiger partial charge in [-0.15, -0.1) is 11.3 Å². The van der Waals surface area contributed by atoms with Crippen molar-refractivity contribution in [2.75, 3.05) is 6.61 Å². The Kier molecular flexibility index (Phi) is 6.85. The molecular formula is C30H24ClN3O3S2. The molecule has 0 fully saturated rings. The third kappa shape index (κ3) is 4.69. The topological polar surface area (TPSA) is 65.6 Å². The zero-order chi connectivity index (χ0) is 27.1. The Morgan fingerprint density at radius 3 is 2.67 bits per heavy atom. The minimum atomic E-state index is -0.575. The molecule has 0 N–H and O–H groups in total. The van der Waals surface area contributed by atoms with Crippen LogP contribution in [-0.2, 0) is 16.1 Å². The number of nitrogens with zero attached hydrogens (tertiary/aromatic N) is 3. The molecule has 1 aliphatic heterocycles. The second kappa shape index (κ2) is 10.4. The van der Waals surface area contributed by atoms with Gasteiger partial charge in [0.2, 0.25) is 0 Å². The lowest BCUT2D eigenvalue weighted by atomic mass is 10.0. The van der Waals surface area contributed by atoms with Crippen molar-refractivity contribution >= 4 is 57.2 Å². The number of ether oxygens (including phenoxy) is 1. The number of aromatic nitrogens is 2. The van der Waals surface area contributed by atoms with Crippen LogP contribution >= 0.6 is 34.3 Å². The largest absolute Gasteiger partial charge is 0.463 e. The molecule has 6 nitrogen and oxygen atoms in total. The van der Waals surface area contributed by atoms with Crippen LogP contribution in [0.2, 0.25) is 5.02 Å². The van der Waals surface area contributed by atoms with E-state index in [1.165, 1.54) is 22.7 Å². The molecule has 0 unspecified atom stereocenters. The number of allylic oxidation sites excluding steroid dienone is 1. The molecule has 4 heterocycles. The number of benzene rings is 2. The fourth-order valence-electron chi connectivity index (χ4n) is 4.96. The van der Waals surface area contributed by atoms with Gasteiger partial charge in [0.1, 0.15) is 6.04 Å². The highest BCUT2D eigenvalue weighted by Gasteiger charge is 2.33. The molecule has 0 amide bonds. The first kappa shape index (κ1) is 25.6.